The minimum Gasteiger partial charge on any atom is -0.339 e. The Morgan fingerprint density at radius 2 is 1.93 bits per heavy atom. The minimum absolute atomic E-state index is 0.0788. The van der Waals surface area contributed by atoms with Gasteiger partial charge in [-0.25, -0.2) is 0 Å². The Kier molecular flexibility index (Phi) is 4.74. The smallest absolute Gasteiger partial charge is 0.232 e. The van der Waals surface area contributed by atoms with Crippen molar-refractivity contribution in [2.24, 2.45) is 0 Å². The summed E-state index contributed by atoms with van der Waals surface area (Å²) < 4.78 is 5.50. The average Bonchev–Trinajstić information content (AvgIpc) is 3.29. The van der Waals surface area contributed by atoms with Gasteiger partial charge in [0.25, 0.3) is 0 Å². The van der Waals surface area contributed by atoms with Gasteiger partial charge in [-0.05, 0) is 56.0 Å². The van der Waals surface area contributed by atoms with E-state index >= 15 is 0 Å². The number of carbonyl (C=O) groups is 1. The Balaban J connectivity index is 1.54. The van der Waals surface area contributed by atoms with Gasteiger partial charge in [-0.1, -0.05) is 22.9 Å². The molecule has 1 atom stereocenters. The molecule has 1 aliphatic heterocycles. The maximum absolute atomic E-state index is 12.6. The molecule has 2 heterocycles. The number of amides is 1. The van der Waals surface area contributed by atoms with Crippen LogP contribution in [0, 0.1) is 13.8 Å². The first-order chi connectivity index (χ1) is 13.0. The highest BCUT2D eigenvalue weighted by Crippen LogP contribution is 2.33. The van der Waals surface area contributed by atoms with Crippen LogP contribution in [0.4, 0.5) is 5.69 Å². The van der Waals surface area contributed by atoms with Crippen molar-refractivity contribution in [3.63, 3.8) is 0 Å². The van der Waals surface area contributed by atoms with Crippen molar-refractivity contribution in [1.82, 2.24) is 10.1 Å². The molecule has 0 bridgehead atoms. The van der Waals surface area contributed by atoms with E-state index in [9.17, 15) is 4.79 Å². The predicted octanol–water partition coefficient (Wildman–Crippen LogP) is 4.60. The second-order valence-electron chi connectivity index (χ2n) is 6.88. The molecule has 0 aliphatic carbocycles. The SMILES string of the molecule is CSc1ccc(-c2noc(C3CC(=O)N(c4ccc(C)cc4C)C3)n2)cc1. The quantitative estimate of drug-likeness (QED) is 0.620. The molecule has 4 rings (SSSR count). The molecule has 3 aromatic rings. The lowest BCUT2D eigenvalue weighted by molar-refractivity contribution is -0.117. The fraction of sp³-hybridized carbons (Fsp3) is 0.286. The molecule has 2 aromatic carbocycles. The minimum atomic E-state index is -0.0788. The number of carbonyl (C=O) groups excluding carboxylic acids is 1. The summed E-state index contributed by atoms with van der Waals surface area (Å²) >= 11 is 1.69. The van der Waals surface area contributed by atoms with Crippen LogP contribution in [0.5, 0.6) is 0 Å². The third kappa shape index (κ3) is 3.49. The van der Waals surface area contributed by atoms with E-state index in [4.69, 9.17) is 4.52 Å². The molecule has 0 saturated carbocycles. The number of benzene rings is 2. The van der Waals surface area contributed by atoms with Gasteiger partial charge in [0.15, 0.2) is 0 Å². The lowest BCUT2D eigenvalue weighted by atomic mass is 10.1. The molecular formula is C21H21N3O2S. The maximum Gasteiger partial charge on any atom is 0.232 e. The fourth-order valence-corrected chi connectivity index (χ4v) is 3.88. The molecule has 0 spiro atoms. The summed E-state index contributed by atoms with van der Waals surface area (Å²) in [4.78, 5) is 20.1. The summed E-state index contributed by atoms with van der Waals surface area (Å²) in [6.07, 6.45) is 2.43. The van der Waals surface area contributed by atoms with E-state index in [1.165, 1.54) is 10.5 Å². The number of hydrogen-bond acceptors (Lipinski definition) is 5. The number of aromatic nitrogens is 2. The van der Waals surface area contributed by atoms with Crippen LogP contribution in [-0.4, -0.2) is 28.8 Å². The van der Waals surface area contributed by atoms with Crippen LogP contribution in [-0.2, 0) is 4.79 Å². The van der Waals surface area contributed by atoms with Crippen LogP contribution < -0.4 is 4.90 Å². The summed E-state index contributed by atoms with van der Waals surface area (Å²) in [7, 11) is 0. The Hall–Kier alpha value is -2.60. The van der Waals surface area contributed by atoms with Crippen LogP contribution in [0.2, 0.25) is 0 Å². The Morgan fingerprint density at radius 3 is 2.63 bits per heavy atom. The van der Waals surface area contributed by atoms with Crippen molar-refractivity contribution in [2.75, 3.05) is 17.7 Å². The predicted molar refractivity (Wildman–Crippen MR) is 107 cm³/mol. The zero-order chi connectivity index (χ0) is 19.0. The van der Waals surface area contributed by atoms with Crippen molar-refractivity contribution >= 4 is 23.4 Å². The van der Waals surface area contributed by atoms with E-state index in [0.717, 1.165) is 16.8 Å². The van der Waals surface area contributed by atoms with Crippen molar-refractivity contribution in [2.45, 2.75) is 31.1 Å². The third-order valence-electron chi connectivity index (χ3n) is 4.91. The van der Waals surface area contributed by atoms with Crippen molar-refractivity contribution in [1.29, 1.82) is 0 Å². The molecule has 138 valence electrons. The van der Waals surface area contributed by atoms with Gasteiger partial charge in [-0.2, -0.15) is 4.98 Å². The van der Waals surface area contributed by atoms with Gasteiger partial charge < -0.3 is 9.42 Å². The number of anilines is 1. The highest BCUT2D eigenvalue weighted by molar-refractivity contribution is 7.98. The normalized spacial score (nSPS) is 16.9. The third-order valence-corrected chi connectivity index (χ3v) is 5.65. The molecule has 6 heteroatoms. The zero-order valence-corrected chi connectivity index (χ0v) is 16.4. The first kappa shape index (κ1) is 17.8. The summed E-state index contributed by atoms with van der Waals surface area (Å²) in [5.74, 6) is 1.11. The Bertz CT molecular complexity index is 981. The van der Waals surface area contributed by atoms with Gasteiger partial charge in [0, 0.05) is 29.1 Å². The maximum atomic E-state index is 12.6. The van der Waals surface area contributed by atoms with E-state index < -0.39 is 0 Å². The van der Waals surface area contributed by atoms with Gasteiger partial charge in [0.1, 0.15) is 0 Å². The van der Waals surface area contributed by atoms with Gasteiger partial charge in [0.05, 0.1) is 5.92 Å². The molecule has 1 unspecified atom stereocenters. The van der Waals surface area contributed by atoms with Crippen molar-refractivity contribution in [3.05, 3.63) is 59.5 Å². The van der Waals surface area contributed by atoms with Gasteiger partial charge >= 0.3 is 0 Å². The van der Waals surface area contributed by atoms with E-state index in [0.29, 0.717) is 24.7 Å². The lowest BCUT2D eigenvalue weighted by Gasteiger charge is -2.19. The summed E-state index contributed by atoms with van der Waals surface area (Å²) in [5, 5.41) is 4.12. The van der Waals surface area contributed by atoms with E-state index in [2.05, 4.69) is 23.1 Å². The van der Waals surface area contributed by atoms with Crippen molar-refractivity contribution < 1.29 is 9.32 Å². The number of aryl methyl sites for hydroxylation is 2. The van der Waals surface area contributed by atoms with E-state index in [-0.39, 0.29) is 11.8 Å². The van der Waals surface area contributed by atoms with E-state index in [1.54, 1.807) is 11.8 Å². The molecule has 1 aliphatic rings. The molecular weight excluding hydrogens is 358 g/mol. The number of hydrogen-bond donors (Lipinski definition) is 0. The number of nitrogens with zero attached hydrogens (tertiary/aromatic N) is 3. The molecule has 1 aromatic heterocycles. The fourth-order valence-electron chi connectivity index (χ4n) is 3.47. The second kappa shape index (κ2) is 7.19. The molecule has 5 nitrogen and oxygen atoms in total. The van der Waals surface area contributed by atoms with Crippen LogP contribution in [0.1, 0.15) is 29.4 Å². The molecule has 1 fully saturated rings. The molecule has 0 N–H and O–H groups in total. The Labute approximate surface area is 162 Å². The number of thioether (sulfide) groups is 1. The Morgan fingerprint density at radius 1 is 1.15 bits per heavy atom. The standard InChI is InChI=1S/C21H21N3O2S/c1-13-4-9-18(14(2)10-13)24-12-16(11-19(24)25)21-22-20(23-26-21)15-5-7-17(27-3)8-6-15/h4-10,16H,11-12H2,1-3H3. The van der Waals surface area contributed by atoms with E-state index in [1.807, 2.05) is 54.5 Å². The molecule has 1 saturated heterocycles. The van der Waals surface area contributed by atoms with Crippen LogP contribution in [0.3, 0.4) is 0 Å². The first-order valence-electron chi connectivity index (χ1n) is 8.91. The van der Waals surface area contributed by atoms with Crippen molar-refractivity contribution in [3.8, 4) is 11.4 Å². The summed E-state index contributed by atoms with van der Waals surface area (Å²) in [6, 6.07) is 14.2. The number of rotatable bonds is 4. The average molecular weight is 379 g/mol. The second-order valence-corrected chi connectivity index (χ2v) is 7.76. The summed E-state index contributed by atoms with van der Waals surface area (Å²) in [5.41, 5.74) is 4.16. The zero-order valence-electron chi connectivity index (χ0n) is 15.6. The highest BCUT2D eigenvalue weighted by Gasteiger charge is 2.35. The molecule has 27 heavy (non-hydrogen) atoms. The van der Waals surface area contributed by atoms with Crippen LogP contribution in [0.25, 0.3) is 11.4 Å². The van der Waals surface area contributed by atoms with Crippen LogP contribution in [0.15, 0.2) is 51.9 Å². The molecule has 0 radical (unpaired) electrons. The van der Waals surface area contributed by atoms with Gasteiger partial charge in [0.2, 0.25) is 17.6 Å². The largest absolute Gasteiger partial charge is 0.339 e. The van der Waals surface area contributed by atoms with Gasteiger partial charge in [-0.3, -0.25) is 4.79 Å². The monoisotopic (exact) mass is 379 g/mol. The lowest BCUT2D eigenvalue weighted by Crippen LogP contribution is -2.25. The molecule has 1 amide bonds. The summed E-state index contributed by atoms with van der Waals surface area (Å²) in [6.45, 7) is 4.65. The topological polar surface area (TPSA) is 59.2 Å². The van der Waals surface area contributed by atoms with Crippen LogP contribution >= 0.6 is 11.8 Å². The highest BCUT2D eigenvalue weighted by atomic mass is 32.2. The first-order valence-corrected chi connectivity index (χ1v) is 10.1. The van der Waals surface area contributed by atoms with Gasteiger partial charge in [-0.15, -0.1) is 11.8 Å².